The standard InChI is InChI=1S/C13H18IN.ClH/c1-10(15-2)13(8-3-9-13)11-4-6-12(14)7-5-11;/h4-7,10,15H,3,8-9H2,1-2H3;1H. The molecule has 1 aromatic rings. The average Bonchev–Trinajstić information content (AvgIpc) is 2.19. The predicted molar refractivity (Wildman–Crippen MR) is 80.5 cm³/mol. The van der Waals surface area contributed by atoms with Crippen LogP contribution in [0.25, 0.3) is 0 Å². The molecule has 0 saturated heterocycles. The van der Waals surface area contributed by atoms with Crippen LogP contribution in [0.1, 0.15) is 31.7 Å². The van der Waals surface area contributed by atoms with E-state index in [4.69, 9.17) is 0 Å². The Morgan fingerprint density at radius 1 is 1.25 bits per heavy atom. The topological polar surface area (TPSA) is 12.0 Å². The molecule has 0 spiro atoms. The summed E-state index contributed by atoms with van der Waals surface area (Å²) in [6, 6.07) is 9.62. The van der Waals surface area contributed by atoms with Gasteiger partial charge in [0.15, 0.2) is 0 Å². The summed E-state index contributed by atoms with van der Waals surface area (Å²) in [5.41, 5.74) is 1.91. The Kier molecular flexibility index (Phi) is 5.08. The SMILES string of the molecule is CNC(C)C1(c2ccc(I)cc2)CCC1.Cl. The summed E-state index contributed by atoms with van der Waals surface area (Å²) in [6.45, 7) is 2.30. The highest BCUT2D eigenvalue weighted by Gasteiger charge is 2.42. The molecule has 1 aliphatic rings. The second-order valence-corrected chi connectivity index (χ2v) is 5.77. The smallest absolute Gasteiger partial charge is 0.0133 e. The molecule has 1 aliphatic carbocycles. The van der Waals surface area contributed by atoms with E-state index >= 15 is 0 Å². The van der Waals surface area contributed by atoms with E-state index < -0.39 is 0 Å². The Balaban J connectivity index is 0.00000128. The van der Waals surface area contributed by atoms with Crippen molar-refractivity contribution in [1.29, 1.82) is 0 Å². The normalized spacial score (nSPS) is 19.4. The van der Waals surface area contributed by atoms with Gasteiger partial charge in [-0.25, -0.2) is 0 Å². The zero-order valence-corrected chi connectivity index (χ0v) is 12.8. The van der Waals surface area contributed by atoms with Crippen LogP contribution >= 0.6 is 35.0 Å². The number of nitrogens with one attached hydrogen (secondary N) is 1. The first-order chi connectivity index (χ1) is 7.19. The van der Waals surface area contributed by atoms with E-state index in [0.717, 1.165) is 0 Å². The second-order valence-electron chi connectivity index (χ2n) is 4.53. The lowest BCUT2D eigenvalue weighted by molar-refractivity contribution is 0.185. The van der Waals surface area contributed by atoms with Crippen molar-refractivity contribution in [2.75, 3.05) is 7.05 Å². The molecule has 2 rings (SSSR count). The van der Waals surface area contributed by atoms with Crippen molar-refractivity contribution in [2.45, 2.75) is 37.6 Å². The largest absolute Gasteiger partial charge is 0.316 e. The molecule has 0 heterocycles. The molecule has 1 N–H and O–H groups in total. The summed E-state index contributed by atoms with van der Waals surface area (Å²) in [5, 5.41) is 3.42. The quantitative estimate of drug-likeness (QED) is 0.818. The Labute approximate surface area is 118 Å². The third kappa shape index (κ3) is 2.39. The summed E-state index contributed by atoms with van der Waals surface area (Å²) in [5.74, 6) is 0. The highest BCUT2D eigenvalue weighted by atomic mass is 127. The summed E-state index contributed by atoms with van der Waals surface area (Å²) in [4.78, 5) is 0. The van der Waals surface area contributed by atoms with Gasteiger partial charge in [-0.15, -0.1) is 12.4 Å². The number of benzene rings is 1. The molecule has 0 radical (unpaired) electrons. The van der Waals surface area contributed by atoms with E-state index in [-0.39, 0.29) is 12.4 Å². The molecule has 1 atom stereocenters. The maximum Gasteiger partial charge on any atom is 0.0133 e. The Bertz CT molecular complexity index is 332. The molecule has 1 nitrogen and oxygen atoms in total. The van der Waals surface area contributed by atoms with Gasteiger partial charge in [-0.05, 0) is 67.1 Å². The first-order valence-electron chi connectivity index (χ1n) is 5.62. The molecule has 1 saturated carbocycles. The van der Waals surface area contributed by atoms with E-state index in [1.165, 1.54) is 28.4 Å². The van der Waals surface area contributed by atoms with Crippen LogP contribution in [0.15, 0.2) is 24.3 Å². The van der Waals surface area contributed by atoms with Gasteiger partial charge in [0.05, 0.1) is 0 Å². The average molecular weight is 352 g/mol. The van der Waals surface area contributed by atoms with Crippen LogP contribution in [0.4, 0.5) is 0 Å². The van der Waals surface area contributed by atoms with Crippen LogP contribution in [0.3, 0.4) is 0 Å². The van der Waals surface area contributed by atoms with E-state index in [0.29, 0.717) is 11.5 Å². The third-order valence-corrected chi connectivity index (χ3v) is 4.65. The summed E-state index contributed by atoms with van der Waals surface area (Å²) >= 11 is 2.37. The fourth-order valence-corrected chi connectivity index (χ4v) is 2.95. The van der Waals surface area contributed by atoms with Crippen molar-refractivity contribution in [3.05, 3.63) is 33.4 Å². The summed E-state index contributed by atoms with van der Waals surface area (Å²) in [7, 11) is 2.07. The second kappa shape index (κ2) is 5.69. The van der Waals surface area contributed by atoms with Gasteiger partial charge in [0.2, 0.25) is 0 Å². The van der Waals surface area contributed by atoms with Crippen LogP contribution in [-0.2, 0) is 5.41 Å². The molecule has 3 heteroatoms. The molecule has 90 valence electrons. The van der Waals surface area contributed by atoms with Gasteiger partial charge in [-0.1, -0.05) is 18.6 Å². The lowest BCUT2D eigenvalue weighted by Gasteiger charge is -2.47. The zero-order chi connectivity index (χ0) is 10.9. The first kappa shape index (κ1) is 14.3. The fraction of sp³-hybridized carbons (Fsp3) is 0.538. The highest BCUT2D eigenvalue weighted by Crippen LogP contribution is 2.46. The van der Waals surface area contributed by atoms with Crippen molar-refractivity contribution >= 4 is 35.0 Å². The number of halogens is 2. The van der Waals surface area contributed by atoms with Gasteiger partial charge in [0, 0.05) is 15.0 Å². The number of likely N-dealkylation sites (N-methyl/N-ethyl adjacent to an activating group) is 1. The minimum Gasteiger partial charge on any atom is -0.316 e. The molecule has 0 amide bonds. The minimum atomic E-state index is 0. The molecule has 1 fully saturated rings. The molecular formula is C13H19ClIN. The van der Waals surface area contributed by atoms with Crippen LogP contribution < -0.4 is 5.32 Å². The Hall–Kier alpha value is 0.200. The third-order valence-electron chi connectivity index (χ3n) is 3.93. The van der Waals surface area contributed by atoms with Gasteiger partial charge in [-0.2, -0.15) is 0 Å². The zero-order valence-electron chi connectivity index (χ0n) is 9.79. The van der Waals surface area contributed by atoms with Crippen LogP contribution in [0.2, 0.25) is 0 Å². The Morgan fingerprint density at radius 2 is 1.81 bits per heavy atom. The molecule has 0 aromatic heterocycles. The van der Waals surface area contributed by atoms with Crippen molar-refractivity contribution in [2.24, 2.45) is 0 Å². The molecule has 0 bridgehead atoms. The summed E-state index contributed by atoms with van der Waals surface area (Å²) in [6.07, 6.45) is 4.03. The lowest BCUT2D eigenvalue weighted by atomic mass is 9.60. The molecule has 16 heavy (non-hydrogen) atoms. The number of rotatable bonds is 3. The lowest BCUT2D eigenvalue weighted by Crippen LogP contribution is -2.50. The first-order valence-corrected chi connectivity index (χ1v) is 6.70. The van der Waals surface area contributed by atoms with Crippen molar-refractivity contribution in [3.63, 3.8) is 0 Å². The molecule has 0 aliphatic heterocycles. The van der Waals surface area contributed by atoms with E-state index in [1.807, 2.05) is 0 Å². The van der Waals surface area contributed by atoms with Crippen LogP contribution in [0.5, 0.6) is 0 Å². The number of hydrogen-bond acceptors (Lipinski definition) is 1. The van der Waals surface area contributed by atoms with E-state index in [2.05, 4.69) is 66.1 Å². The van der Waals surface area contributed by atoms with Gasteiger partial charge in [0.25, 0.3) is 0 Å². The van der Waals surface area contributed by atoms with Crippen molar-refractivity contribution < 1.29 is 0 Å². The monoisotopic (exact) mass is 351 g/mol. The van der Waals surface area contributed by atoms with Crippen molar-refractivity contribution in [1.82, 2.24) is 5.32 Å². The van der Waals surface area contributed by atoms with Gasteiger partial charge < -0.3 is 5.32 Å². The highest BCUT2D eigenvalue weighted by molar-refractivity contribution is 14.1. The fourth-order valence-electron chi connectivity index (χ4n) is 2.59. The maximum atomic E-state index is 3.42. The maximum absolute atomic E-state index is 3.42. The van der Waals surface area contributed by atoms with Gasteiger partial charge in [0.1, 0.15) is 0 Å². The minimum absolute atomic E-state index is 0. The summed E-state index contributed by atoms with van der Waals surface area (Å²) < 4.78 is 1.32. The van der Waals surface area contributed by atoms with Crippen molar-refractivity contribution in [3.8, 4) is 0 Å². The predicted octanol–water partition coefficient (Wildman–Crippen LogP) is 3.74. The van der Waals surface area contributed by atoms with Crippen LogP contribution in [0, 0.1) is 3.57 Å². The molecule has 1 unspecified atom stereocenters. The van der Waals surface area contributed by atoms with E-state index in [1.54, 1.807) is 0 Å². The number of hydrogen-bond donors (Lipinski definition) is 1. The van der Waals surface area contributed by atoms with E-state index in [9.17, 15) is 0 Å². The van der Waals surface area contributed by atoms with Crippen LogP contribution in [-0.4, -0.2) is 13.1 Å². The Morgan fingerprint density at radius 3 is 2.19 bits per heavy atom. The molecule has 1 aromatic carbocycles. The molecular weight excluding hydrogens is 333 g/mol. The van der Waals surface area contributed by atoms with Gasteiger partial charge >= 0.3 is 0 Å². The van der Waals surface area contributed by atoms with Gasteiger partial charge in [-0.3, -0.25) is 0 Å².